The summed E-state index contributed by atoms with van der Waals surface area (Å²) in [5, 5.41) is 12.7. The van der Waals surface area contributed by atoms with Crippen LogP contribution in [0.15, 0.2) is 36.4 Å². The quantitative estimate of drug-likeness (QED) is 0.361. The SMILES string of the molecule is CCO[C@H](Cc1ccc(OCCNC2C3CN(Cc4cc(F)c(F)cc4F)C[C@@H]32)cc1)C(=O)O. The van der Waals surface area contributed by atoms with Crippen LogP contribution in [0.5, 0.6) is 5.75 Å². The molecule has 1 heterocycles. The van der Waals surface area contributed by atoms with Gasteiger partial charge in [0.1, 0.15) is 18.2 Å². The van der Waals surface area contributed by atoms with Crippen molar-refractivity contribution < 1.29 is 32.5 Å². The van der Waals surface area contributed by atoms with E-state index in [0.717, 1.165) is 24.7 Å². The highest BCUT2D eigenvalue weighted by Crippen LogP contribution is 2.45. The number of aliphatic carboxylic acids is 1. The number of nitrogens with zero attached hydrogens (tertiary/aromatic N) is 1. The Bertz CT molecular complexity index is 992. The molecule has 0 aromatic heterocycles. The van der Waals surface area contributed by atoms with Crippen molar-refractivity contribution in [3.63, 3.8) is 0 Å². The molecule has 0 amide bonds. The van der Waals surface area contributed by atoms with Crippen LogP contribution in [-0.2, 0) is 22.5 Å². The van der Waals surface area contributed by atoms with Gasteiger partial charge in [0.05, 0.1) is 0 Å². The van der Waals surface area contributed by atoms with Crippen molar-refractivity contribution in [2.45, 2.75) is 32.0 Å². The molecule has 184 valence electrons. The number of carboxylic acid groups (broad SMARTS) is 1. The molecule has 4 atom stereocenters. The molecule has 1 aliphatic heterocycles. The molecule has 1 saturated heterocycles. The maximum Gasteiger partial charge on any atom is 0.333 e. The van der Waals surface area contributed by atoms with Crippen LogP contribution < -0.4 is 10.1 Å². The highest BCUT2D eigenvalue weighted by molar-refractivity contribution is 5.72. The van der Waals surface area contributed by atoms with Crippen molar-refractivity contribution in [1.82, 2.24) is 10.2 Å². The van der Waals surface area contributed by atoms with Gasteiger partial charge in [-0.15, -0.1) is 0 Å². The molecule has 6 nitrogen and oxygen atoms in total. The zero-order chi connectivity index (χ0) is 24.2. The largest absolute Gasteiger partial charge is 0.492 e. The third-order valence-corrected chi connectivity index (χ3v) is 6.49. The number of fused-ring (bicyclic) bond motifs is 1. The number of benzene rings is 2. The molecular weight excluding hydrogens is 449 g/mol. The lowest BCUT2D eigenvalue weighted by molar-refractivity contribution is -0.149. The summed E-state index contributed by atoms with van der Waals surface area (Å²) in [5.74, 6) is -2.22. The van der Waals surface area contributed by atoms with Gasteiger partial charge in [0.15, 0.2) is 17.7 Å². The Balaban J connectivity index is 1.14. The second kappa shape index (κ2) is 10.8. The molecule has 0 radical (unpaired) electrons. The van der Waals surface area contributed by atoms with E-state index in [1.54, 1.807) is 6.92 Å². The van der Waals surface area contributed by atoms with Crippen molar-refractivity contribution in [3.05, 3.63) is 65.0 Å². The maximum absolute atomic E-state index is 13.9. The second-order valence-electron chi connectivity index (χ2n) is 8.84. The number of carbonyl (C=O) groups is 1. The third-order valence-electron chi connectivity index (χ3n) is 6.49. The van der Waals surface area contributed by atoms with Gasteiger partial charge in [0.25, 0.3) is 0 Å². The predicted molar refractivity (Wildman–Crippen MR) is 119 cm³/mol. The van der Waals surface area contributed by atoms with Crippen LogP contribution in [0.4, 0.5) is 13.2 Å². The molecule has 2 aliphatic rings. The van der Waals surface area contributed by atoms with Gasteiger partial charge in [0, 0.05) is 56.9 Å². The third kappa shape index (κ3) is 5.89. The lowest BCUT2D eigenvalue weighted by atomic mass is 10.1. The number of ether oxygens (including phenoxy) is 2. The molecule has 4 rings (SSSR count). The highest BCUT2D eigenvalue weighted by atomic mass is 19.2. The van der Waals surface area contributed by atoms with Gasteiger partial charge in [-0.2, -0.15) is 0 Å². The minimum Gasteiger partial charge on any atom is -0.492 e. The number of nitrogens with one attached hydrogen (secondary N) is 1. The van der Waals surface area contributed by atoms with E-state index in [0.29, 0.717) is 55.9 Å². The summed E-state index contributed by atoms with van der Waals surface area (Å²) in [6.07, 6.45) is -0.555. The average Bonchev–Trinajstić information content (AvgIpc) is 3.25. The summed E-state index contributed by atoms with van der Waals surface area (Å²) in [5.41, 5.74) is 1.05. The molecule has 34 heavy (non-hydrogen) atoms. The second-order valence-corrected chi connectivity index (χ2v) is 8.84. The van der Waals surface area contributed by atoms with E-state index in [1.807, 2.05) is 24.3 Å². The summed E-state index contributed by atoms with van der Waals surface area (Å²) in [4.78, 5) is 13.3. The number of piperidine rings is 1. The first kappa shape index (κ1) is 24.5. The van der Waals surface area contributed by atoms with Crippen LogP contribution >= 0.6 is 0 Å². The Morgan fingerprint density at radius 3 is 2.44 bits per heavy atom. The molecule has 2 N–H and O–H groups in total. The monoisotopic (exact) mass is 478 g/mol. The fourth-order valence-corrected chi connectivity index (χ4v) is 4.72. The van der Waals surface area contributed by atoms with Crippen molar-refractivity contribution in [3.8, 4) is 5.75 Å². The lowest BCUT2D eigenvalue weighted by Gasteiger charge is -2.20. The van der Waals surface area contributed by atoms with E-state index in [1.165, 1.54) is 0 Å². The molecule has 2 aromatic carbocycles. The molecule has 2 fully saturated rings. The van der Waals surface area contributed by atoms with Gasteiger partial charge in [-0.25, -0.2) is 18.0 Å². The van der Waals surface area contributed by atoms with Crippen molar-refractivity contribution in [2.75, 3.05) is 32.8 Å². The van der Waals surface area contributed by atoms with Crippen molar-refractivity contribution in [1.29, 1.82) is 0 Å². The summed E-state index contributed by atoms with van der Waals surface area (Å²) < 4.78 is 51.4. The number of likely N-dealkylation sites (tertiary alicyclic amines) is 1. The number of halogens is 3. The van der Waals surface area contributed by atoms with Crippen LogP contribution in [0.25, 0.3) is 0 Å². The Hall–Kier alpha value is -2.62. The molecule has 2 unspecified atom stereocenters. The number of rotatable bonds is 12. The van der Waals surface area contributed by atoms with Crippen LogP contribution in [0.1, 0.15) is 18.1 Å². The van der Waals surface area contributed by atoms with Gasteiger partial charge < -0.3 is 19.9 Å². The van der Waals surface area contributed by atoms with Crippen molar-refractivity contribution >= 4 is 5.97 Å². The Morgan fingerprint density at radius 2 is 1.79 bits per heavy atom. The molecule has 1 aliphatic carbocycles. The predicted octanol–water partition coefficient (Wildman–Crippen LogP) is 3.23. The van der Waals surface area contributed by atoms with Gasteiger partial charge in [-0.3, -0.25) is 4.90 Å². The van der Waals surface area contributed by atoms with Gasteiger partial charge in [-0.05, 0) is 42.5 Å². The summed E-state index contributed by atoms with van der Waals surface area (Å²) in [6.45, 7) is 5.16. The molecule has 2 aromatic rings. The van der Waals surface area contributed by atoms with E-state index in [-0.39, 0.29) is 12.1 Å². The highest BCUT2D eigenvalue weighted by Gasteiger charge is 2.55. The molecule has 0 spiro atoms. The Morgan fingerprint density at radius 1 is 1.12 bits per heavy atom. The minimum atomic E-state index is -1.17. The lowest BCUT2D eigenvalue weighted by Crippen LogP contribution is -2.33. The van der Waals surface area contributed by atoms with E-state index >= 15 is 0 Å². The van der Waals surface area contributed by atoms with Crippen LogP contribution in [0.3, 0.4) is 0 Å². The molecular formula is C25H29F3N2O4. The molecule has 0 bridgehead atoms. The fourth-order valence-electron chi connectivity index (χ4n) is 4.72. The van der Waals surface area contributed by atoms with E-state index in [9.17, 15) is 23.1 Å². The zero-order valence-electron chi connectivity index (χ0n) is 19.0. The van der Waals surface area contributed by atoms with Gasteiger partial charge in [-0.1, -0.05) is 12.1 Å². The topological polar surface area (TPSA) is 71.0 Å². The Labute approximate surface area is 196 Å². The van der Waals surface area contributed by atoms with E-state index in [4.69, 9.17) is 9.47 Å². The smallest absolute Gasteiger partial charge is 0.333 e. The first-order chi connectivity index (χ1) is 16.4. The van der Waals surface area contributed by atoms with Gasteiger partial charge >= 0.3 is 5.97 Å². The standard InChI is InChI=1S/C25H29F3N2O4/c1-2-33-23(25(31)32)9-15-3-5-17(6-4-15)34-8-7-29-24-18-13-30(14-19(18)24)12-16-10-21(27)22(28)11-20(16)26/h3-6,10-11,18-19,23-24,29H,2,7-9,12-14H2,1H3,(H,31,32)/t18-,19?,23+,24?/m0/s1. The summed E-state index contributed by atoms with van der Waals surface area (Å²) in [6, 6.07) is 9.26. The molecule has 9 heteroatoms. The minimum absolute atomic E-state index is 0.181. The maximum atomic E-state index is 13.9. The van der Waals surface area contributed by atoms with Crippen LogP contribution in [0.2, 0.25) is 0 Å². The zero-order valence-corrected chi connectivity index (χ0v) is 19.0. The van der Waals surface area contributed by atoms with Crippen LogP contribution in [0, 0.1) is 29.3 Å². The number of hydrogen-bond donors (Lipinski definition) is 2. The first-order valence-corrected chi connectivity index (χ1v) is 11.5. The van der Waals surface area contributed by atoms with Crippen molar-refractivity contribution in [2.24, 2.45) is 11.8 Å². The normalized spacial score (nSPS) is 22.4. The fraction of sp³-hybridized carbons (Fsp3) is 0.480. The Kier molecular flexibility index (Phi) is 7.75. The van der Waals surface area contributed by atoms with Crippen LogP contribution in [-0.4, -0.2) is 61.0 Å². The first-order valence-electron chi connectivity index (χ1n) is 11.5. The van der Waals surface area contributed by atoms with E-state index < -0.39 is 29.5 Å². The average molecular weight is 479 g/mol. The number of hydrogen-bond acceptors (Lipinski definition) is 5. The van der Waals surface area contributed by atoms with E-state index in [2.05, 4.69) is 10.2 Å². The summed E-state index contributed by atoms with van der Waals surface area (Å²) in [7, 11) is 0. The summed E-state index contributed by atoms with van der Waals surface area (Å²) >= 11 is 0. The number of carboxylic acids is 1. The molecule has 1 saturated carbocycles. The van der Waals surface area contributed by atoms with Gasteiger partial charge in [0.2, 0.25) is 0 Å².